The van der Waals surface area contributed by atoms with Crippen LogP contribution in [0.25, 0.3) is 0 Å². The fourth-order valence-corrected chi connectivity index (χ4v) is 4.08. The number of rotatable bonds is 5. The van der Waals surface area contributed by atoms with E-state index >= 15 is 0 Å². The Morgan fingerprint density at radius 2 is 2.04 bits per heavy atom. The number of hydrogen-bond acceptors (Lipinski definition) is 3. The molecule has 0 spiro atoms. The number of nitrogens with zero attached hydrogens (tertiary/aromatic N) is 3. The first-order chi connectivity index (χ1) is 12.5. The summed E-state index contributed by atoms with van der Waals surface area (Å²) in [5, 5.41) is 0. The van der Waals surface area contributed by atoms with Crippen molar-refractivity contribution in [3.05, 3.63) is 35.6 Å². The number of halogens is 1. The lowest BCUT2D eigenvalue weighted by atomic mass is 10.00. The van der Waals surface area contributed by atoms with Crippen LogP contribution in [0.2, 0.25) is 0 Å². The van der Waals surface area contributed by atoms with Crippen LogP contribution in [0.4, 0.5) is 4.39 Å². The lowest BCUT2D eigenvalue weighted by Gasteiger charge is -2.38. The molecule has 5 nitrogen and oxygen atoms in total. The van der Waals surface area contributed by atoms with Gasteiger partial charge in [-0.1, -0.05) is 12.1 Å². The molecule has 0 saturated carbocycles. The molecule has 1 atom stereocenters. The average molecular weight is 361 g/mol. The third-order valence-electron chi connectivity index (χ3n) is 5.58. The summed E-state index contributed by atoms with van der Waals surface area (Å²) in [5.74, 6) is -0.513. The summed E-state index contributed by atoms with van der Waals surface area (Å²) in [7, 11) is 2.11. The van der Waals surface area contributed by atoms with Crippen molar-refractivity contribution < 1.29 is 14.0 Å². The largest absolute Gasteiger partial charge is 0.340 e. The van der Waals surface area contributed by atoms with E-state index in [0.717, 1.165) is 31.5 Å². The van der Waals surface area contributed by atoms with Crippen molar-refractivity contribution in [3.63, 3.8) is 0 Å². The first-order valence-corrected chi connectivity index (χ1v) is 9.49. The molecule has 1 aromatic carbocycles. The highest BCUT2D eigenvalue weighted by Gasteiger charge is 2.38. The van der Waals surface area contributed by atoms with Crippen LogP contribution in [-0.4, -0.2) is 65.8 Å². The van der Waals surface area contributed by atoms with Gasteiger partial charge in [-0.15, -0.1) is 0 Å². The third-order valence-corrected chi connectivity index (χ3v) is 5.58. The normalized spacial score (nSPS) is 22.0. The van der Waals surface area contributed by atoms with Crippen molar-refractivity contribution in [1.29, 1.82) is 0 Å². The second-order valence-corrected chi connectivity index (χ2v) is 7.46. The van der Waals surface area contributed by atoms with Crippen molar-refractivity contribution in [1.82, 2.24) is 14.7 Å². The van der Waals surface area contributed by atoms with Crippen LogP contribution in [0, 0.1) is 11.7 Å². The minimum atomic E-state index is -0.304. The minimum Gasteiger partial charge on any atom is -0.340 e. The standard InChI is InChI=1S/C20H28FN3O2/c1-3-24(18-7-9-22(2)10-8-18)20(26)16-12-19(25)23(14-16)13-15-5-4-6-17(21)11-15/h4-6,11,16,18H,3,7-10,12-14H2,1-2H3/t16-/m1/s1. The Hall–Kier alpha value is -1.95. The number of benzene rings is 1. The Balaban J connectivity index is 1.62. The molecule has 0 radical (unpaired) electrons. The molecule has 2 saturated heterocycles. The maximum absolute atomic E-state index is 13.4. The van der Waals surface area contributed by atoms with Crippen molar-refractivity contribution in [2.45, 2.75) is 38.8 Å². The second-order valence-electron chi connectivity index (χ2n) is 7.46. The first kappa shape index (κ1) is 18.8. The summed E-state index contributed by atoms with van der Waals surface area (Å²) < 4.78 is 13.4. The maximum Gasteiger partial charge on any atom is 0.228 e. The molecule has 1 aromatic rings. The zero-order valence-corrected chi connectivity index (χ0v) is 15.7. The van der Waals surface area contributed by atoms with Gasteiger partial charge in [-0.25, -0.2) is 4.39 Å². The Morgan fingerprint density at radius 3 is 2.69 bits per heavy atom. The molecule has 6 heteroatoms. The highest BCUT2D eigenvalue weighted by molar-refractivity contribution is 5.89. The summed E-state index contributed by atoms with van der Waals surface area (Å²) >= 11 is 0. The third kappa shape index (κ3) is 4.23. The Kier molecular flexibility index (Phi) is 5.91. The molecule has 0 bridgehead atoms. The van der Waals surface area contributed by atoms with Gasteiger partial charge < -0.3 is 14.7 Å². The van der Waals surface area contributed by atoms with E-state index in [1.165, 1.54) is 12.1 Å². The van der Waals surface area contributed by atoms with E-state index in [1.54, 1.807) is 11.0 Å². The SMILES string of the molecule is CCN(C(=O)[C@@H]1CC(=O)N(Cc2cccc(F)c2)C1)C1CCN(C)CC1. The van der Waals surface area contributed by atoms with Gasteiger partial charge in [-0.05, 0) is 57.6 Å². The van der Waals surface area contributed by atoms with E-state index < -0.39 is 0 Å². The summed E-state index contributed by atoms with van der Waals surface area (Å²) in [5.41, 5.74) is 0.758. The minimum absolute atomic E-state index is 0.0213. The van der Waals surface area contributed by atoms with E-state index in [4.69, 9.17) is 0 Å². The molecular formula is C20H28FN3O2. The first-order valence-electron chi connectivity index (χ1n) is 9.49. The van der Waals surface area contributed by atoms with E-state index in [2.05, 4.69) is 11.9 Å². The monoisotopic (exact) mass is 361 g/mol. The molecule has 0 N–H and O–H groups in total. The zero-order chi connectivity index (χ0) is 18.7. The lowest BCUT2D eigenvalue weighted by molar-refractivity contribution is -0.138. The van der Waals surface area contributed by atoms with Crippen molar-refractivity contribution in [2.24, 2.45) is 5.92 Å². The molecular weight excluding hydrogens is 333 g/mol. The molecule has 0 unspecified atom stereocenters. The number of piperidine rings is 1. The molecule has 2 amide bonds. The predicted octanol–water partition coefficient (Wildman–Crippen LogP) is 2.12. The van der Waals surface area contributed by atoms with Gasteiger partial charge in [0.05, 0.1) is 5.92 Å². The van der Waals surface area contributed by atoms with Gasteiger partial charge in [0.2, 0.25) is 11.8 Å². The molecule has 142 valence electrons. The topological polar surface area (TPSA) is 43.9 Å². The average Bonchev–Trinajstić information content (AvgIpc) is 2.98. The molecule has 2 aliphatic heterocycles. The van der Waals surface area contributed by atoms with Crippen molar-refractivity contribution in [3.8, 4) is 0 Å². The van der Waals surface area contributed by atoms with E-state index in [9.17, 15) is 14.0 Å². The molecule has 26 heavy (non-hydrogen) atoms. The maximum atomic E-state index is 13.4. The van der Waals surface area contributed by atoms with Crippen LogP contribution < -0.4 is 0 Å². The van der Waals surface area contributed by atoms with Gasteiger partial charge in [0.25, 0.3) is 0 Å². The fourth-order valence-electron chi connectivity index (χ4n) is 4.08. The van der Waals surface area contributed by atoms with Crippen molar-refractivity contribution >= 4 is 11.8 Å². The summed E-state index contributed by atoms with van der Waals surface area (Å²) in [6.07, 6.45) is 2.24. The predicted molar refractivity (Wildman–Crippen MR) is 97.8 cm³/mol. The number of likely N-dealkylation sites (tertiary alicyclic amines) is 2. The highest BCUT2D eigenvalue weighted by Crippen LogP contribution is 2.25. The summed E-state index contributed by atoms with van der Waals surface area (Å²) in [4.78, 5) is 31.3. The Bertz CT molecular complexity index is 658. The quantitative estimate of drug-likeness (QED) is 0.807. The highest BCUT2D eigenvalue weighted by atomic mass is 19.1. The smallest absolute Gasteiger partial charge is 0.228 e. The van der Waals surface area contributed by atoms with Crippen LogP contribution in [0.15, 0.2) is 24.3 Å². The number of amides is 2. The van der Waals surface area contributed by atoms with Gasteiger partial charge in [0.15, 0.2) is 0 Å². The van der Waals surface area contributed by atoms with Gasteiger partial charge in [-0.2, -0.15) is 0 Å². The molecule has 3 rings (SSSR count). The number of carbonyl (C=O) groups is 2. The number of carbonyl (C=O) groups excluding carboxylic acids is 2. The lowest BCUT2D eigenvalue weighted by Crippen LogP contribution is -2.48. The van der Waals surface area contributed by atoms with Crippen LogP contribution >= 0.6 is 0 Å². The van der Waals surface area contributed by atoms with Gasteiger partial charge >= 0.3 is 0 Å². The number of hydrogen-bond donors (Lipinski definition) is 0. The molecule has 0 aromatic heterocycles. The molecule has 2 fully saturated rings. The van der Waals surface area contributed by atoms with Gasteiger partial charge in [0, 0.05) is 32.1 Å². The summed E-state index contributed by atoms with van der Waals surface area (Å²) in [6, 6.07) is 6.56. The van der Waals surface area contributed by atoms with Crippen LogP contribution in [0.3, 0.4) is 0 Å². The summed E-state index contributed by atoms with van der Waals surface area (Å²) in [6.45, 7) is 5.49. The van der Waals surface area contributed by atoms with Crippen LogP contribution in [-0.2, 0) is 16.1 Å². The van der Waals surface area contributed by atoms with E-state index in [1.807, 2.05) is 17.9 Å². The molecule has 2 aliphatic rings. The van der Waals surface area contributed by atoms with Crippen molar-refractivity contribution in [2.75, 3.05) is 33.2 Å². The zero-order valence-electron chi connectivity index (χ0n) is 15.7. The molecule has 2 heterocycles. The second kappa shape index (κ2) is 8.16. The van der Waals surface area contributed by atoms with E-state index in [0.29, 0.717) is 19.6 Å². The Morgan fingerprint density at radius 1 is 1.31 bits per heavy atom. The fraction of sp³-hybridized carbons (Fsp3) is 0.600. The van der Waals surface area contributed by atoms with Gasteiger partial charge in [-0.3, -0.25) is 9.59 Å². The van der Waals surface area contributed by atoms with E-state index in [-0.39, 0.29) is 36.0 Å². The molecule has 0 aliphatic carbocycles. The van der Waals surface area contributed by atoms with Gasteiger partial charge in [0.1, 0.15) is 5.82 Å². The van der Waals surface area contributed by atoms with Crippen LogP contribution in [0.1, 0.15) is 31.7 Å². The Labute approximate surface area is 154 Å². The van der Waals surface area contributed by atoms with Crippen LogP contribution in [0.5, 0.6) is 0 Å².